The fraction of sp³-hybridized carbons (Fsp3) is 0.0500. The molecule has 0 spiro atoms. The average Bonchev–Trinajstić information content (AvgIpc) is 2.57. The molecule has 0 heterocycles. The average molecular weight is 286 g/mol. The molecule has 22 heavy (non-hydrogen) atoms. The van der Waals surface area contributed by atoms with E-state index < -0.39 is 0 Å². The number of hydrogen-bond acceptors (Lipinski definition) is 1. The lowest BCUT2D eigenvalue weighted by molar-refractivity contribution is 1.42. The summed E-state index contributed by atoms with van der Waals surface area (Å²) in [6, 6.07) is 26.5. The minimum absolute atomic E-state index is 0.535. The van der Waals surface area contributed by atoms with Gasteiger partial charge in [-0.1, -0.05) is 72.3 Å². The highest BCUT2D eigenvalue weighted by Crippen LogP contribution is 2.22. The molecular formula is C20H18N2. The summed E-state index contributed by atoms with van der Waals surface area (Å²) in [4.78, 5) is 4.49. The molecule has 3 rings (SSSR count). The Balaban J connectivity index is 1.84. The summed E-state index contributed by atoms with van der Waals surface area (Å²) in [7, 11) is 0. The third kappa shape index (κ3) is 3.23. The Hall–Kier alpha value is -2.87. The molecule has 3 aromatic rings. The van der Waals surface area contributed by atoms with E-state index in [1.165, 1.54) is 16.7 Å². The van der Waals surface area contributed by atoms with Crippen molar-refractivity contribution in [3.63, 3.8) is 0 Å². The summed E-state index contributed by atoms with van der Waals surface area (Å²) in [6.45, 7) is 2.05. The second-order valence-corrected chi connectivity index (χ2v) is 5.28. The number of aryl methyl sites for hydroxylation is 1. The lowest BCUT2D eigenvalue weighted by atomic mass is 10.1. The van der Waals surface area contributed by atoms with E-state index in [4.69, 9.17) is 5.73 Å². The van der Waals surface area contributed by atoms with Gasteiger partial charge in [0.15, 0.2) is 0 Å². The molecule has 0 saturated heterocycles. The molecule has 0 aliphatic rings. The predicted octanol–water partition coefficient (Wildman–Crippen LogP) is 4.70. The largest absolute Gasteiger partial charge is 0.383 e. The van der Waals surface area contributed by atoms with Crippen LogP contribution in [0.5, 0.6) is 0 Å². The zero-order valence-corrected chi connectivity index (χ0v) is 12.5. The van der Waals surface area contributed by atoms with Gasteiger partial charge in [-0.05, 0) is 30.2 Å². The lowest BCUT2D eigenvalue weighted by Gasteiger charge is -2.04. The molecule has 0 atom stereocenters. The highest BCUT2D eigenvalue weighted by molar-refractivity contribution is 5.99. The molecule has 0 aliphatic heterocycles. The second kappa shape index (κ2) is 6.27. The van der Waals surface area contributed by atoms with Gasteiger partial charge in [-0.2, -0.15) is 0 Å². The van der Waals surface area contributed by atoms with Gasteiger partial charge in [0.25, 0.3) is 0 Å². The Morgan fingerprint density at radius 1 is 0.727 bits per heavy atom. The number of nitrogens with zero attached hydrogens (tertiary/aromatic N) is 1. The van der Waals surface area contributed by atoms with Gasteiger partial charge >= 0.3 is 0 Å². The van der Waals surface area contributed by atoms with Gasteiger partial charge in [0.2, 0.25) is 0 Å². The molecule has 0 saturated carbocycles. The van der Waals surface area contributed by atoms with Crippen molar-refractivity contribution < 1.29 is 0 Å². The summed E-state index contributed by atoms with van der Waals surface area (Å²) in [5.41, 5.74) is 11.5. The van der Waals surface area contributed by atoms with Gasteiger partial charge in [-0.3, -0.25) is 0 Å². The van der Waals surface area contributed by atoms with Crippen molar-refractivity contribution in [2.24, 2.45) is 10.7 Å². The Morgan fingerprint density at radius 2 is 1.32 bits per heavy atom. The fourth-order valence-corrected chi connectivity index (χ4v) is 2.29. The molecule has 0 fully saturated rings. The van der Waals surface area contributed by atoms with E-state index in [0.717, 1.165) is 11.3 Å². The minimum atomic E-state index is 0.535. The third-order valence-electron chi connectivity index (χ3n) is 3.57. The van der Waals surface area contributed by atoms with Crippen LogP contribution in [0.4, 0.5) is 5.69 Å². The Kier molecular flexibility index (Phi) is 4.01. The molecule has 0 aromatic heterocycles. The fourth-order valence-electron chi connectivity index (χ4n) is 2.29. The molecule has 3 aromatic carbocycles. The summed E-state index contributed by atoms with van der Waals surface area (Å²) in [5.74, 6) is 0.535. The van der Waals surface area contributed by atoms with E-state index in [0.29, 0.717) is 5.84 Å². The van der Waals surface area contributed by atoms with Crippen LogP contribution in [0.3, 0.4) is 0 Å². The van der Waals surface area contributed by atoms with Crippen LogP contribution >= 0.6 is 0 Å². The van der Waals surface area contributed by atoms with Crippen molar-refractivity contribution in [2.45, 2.75) is 6.92 Å². The van der Waals surface area contributed by atoms with Crippen molar-refractivity contribution in [2.75, 3.05) is 0 Å². The number of benzene rings is 3. The van der Waals surface area contributed by atoms with Crippen molar-refractivity contribution >= 4 is 11.5 Å². The Labute approximate surface area is 131 Å². The van der Waals surface area contributed by atoms with Crippen LogP contribution in [-0.2, 0) is 0 Å². The predicted molar refractivity (Wildman–Crippen MR) is 93.4 cm³/mol. The van der Waals surface area contributed by atoms with Crippen LogP contribution in [0, 0.1) is 6.92 Å². The summed E-state index contributed by atoms with van der Waals surface area (Å²) in [6.07, 6.45) is 0. The smallest absolute Gasteiger partial charge is 0.131 e. The van der Waals surface area contributed by atoms with Gasteiger partial charge in [-0.25, -0.2) is 4.99 Å². The van der Waals surface area contributed by atoms with Crippen LogP contribution in [0.2, 0.25) is 0 Å². The topological polar surface area (TPSA) is 38.4 Å². The quantitative estimate of drug-likeness (QED) is 0.550. The number of amidine groups is 1. The molecule has 108 valence electrons. The Bertz CT molecular complexity index is 770. The first-order valence-corrected chi connectivity index (χ1v) is 7.29. The first-order valence-electron chi connectivity index (χ1n) is 7.29. The Morgan fingerprint density at radius 3 is 1.95 bits per heavy atom. The van der Waals surface area contributed by atoms with Crippen molar-refractivity contribution in [1.29, 1.82) is 0 Å². The van der Waals surface area contributed by atoms with Gasteiger partial charge in [0, 0.05) is 5.56 Å². The number of hydrogen-bond donors (Lipinski definition) is 1. The van der Waals surface area contributed by atoms with Gasteiger partial charge in [-0.15, -0.1) is 0 Å². The SMILES string of the molecule is Cc1ccc(C(N)=Nc2ccc(-c3ccccc3)cc2)cc1. The molecular weight excluding hydrogens is 268 g/mol. The van der Waals surface area contributed by atoms with E-state index in [9.17, 15) is 0 Å². The molecule has 0 aliphatic carbocycles. The maximum Gasteiger partial charge on any atom is 0.131 e. The number of nitrogens with two attached hydrogens (primary N) is 1. The van der Waals surface area contributed by atoms with Gasteiger partial charge in [0.1, 0.15) is 5.84 Å². The normalized spacial score (nSPS) is 11.4. The van der Waals surface area contributed by atoms with E-state index in [1.54, 1.807) is 0 Å². The van der Waals surface area contributed by atoms with Crippen molar-refractivity contribution in [3.05, 3.63) is 90.0 Å². The van der Waals surface area contributed by atoms with Gasteiger partial charge in [0.05, 0.1) is 5.69 Å². The maximum atomic E-state index is 6.08. The highest BCUT2D eigenvalue weighted by Gasteiger charge is 2.00. The highest BCUT2D eigenvalue weighted by atomic mass is 14.9. The molecule has 2 heteroatoms. The second-order valence-electron chi connectivity index (χ2n) is 5.28. The molecule has 0 unspecified atom stereocenters. The van der Waals surface area contributed by atoms with E-state index in [1.807, 2.05) is 54.6 Å². The van der Waals surface area contributed by atoms with E-state index in [-0.39, 0.29) is 0 Å². The summed E-state index contributed by atoms with van der Waals surface area (Å²) >= 11 is 0. The molecule has 2 nitrogen and oxygen atoms in total. The monoisotopic (exact) mass is 286 g/mol. The molecule has 2 N–H and O–H groups in total. The van der Waals surface area contributed by atoms with Crippen LogP contribution in [0.1, 0.15) is 11.1 Å². The zero-order chi connectivity index (χ0) is 15.4. The molecule has 0 bridgehead atoms. The first kappa shape index (κ1) is 14.1. The van der Waals surface area contributed by atoms with E-state index in [2.05, 4.69) is 36.2 Å². The van der Waals surface area contributed by atoms with Crippen LogP contribution < -0.4 is 5.73 Å². The minimum Gasteiger partial charge on any atom is -0.383 e. The lowest BCUT2D eigenvalue weighted by Crippen LogP contribution is -2.12. The molecule has 0 amide bonds. The first-order chi connectivity index (χ1) is 10.7. The number of aliphatic imine (C=N–C) groups is 1. The summed E-state index contributed by atoms with van der Waals surface area (Å²) in [5, 5.41) is 0. The van der Waals surface area contributed by atoms with Crippen LogP contribution in [0.25, 0.3) is 11.1 Å². The van der Waals surface area contributed by atoms with Gasteiger partial charge < -0.3 is 5.73 Å². The summed E-state index contributed by atoms with van der Waals surface area (Å²) < 4.78 is 0. The molecule has 0 radical (unpaired) electrons. The van der Waals surface area contributed by atoms with Crippen molar-refractivity contribution in [3.8, 4) is 11.1 Å². The van der Waals surface area contributed by atoms with Crippen molar-refractivity contribution in [1.82, 2.24) is 0 Å². The van der Waals surface area contributed by atoms with Crippen LogP contribution in [-0.4, -0.2) is 5.84 Å². The number of rotatable bonds is 3. The van der Waals surface area contributed by atoms with E-state index >= 15 is 0 Å². The zero-order valence-electron chi connectivity index (χ0n) is 12.5. The van der Waals surface area contributed by atoms with Crippen LogP contribution in [0.15, 0.2) is 83.9 Å². The maximum absolute atomic E-state index is 6.08. The third-order valence-corrected chi connectivity index (χ3v) is 3.57. The standard InChI is InChI=1S/C20H18N2/c1-15-7-9-18(10-8-15)20(21)22-19-13-11-17(12-14-19)16-5-3-2-4-6-16/h2-14H,1H3,(H2,21,22).